The first kappa shape index (κ1) is 19.2. The number of carbonyl (C=O) groups excluding carboxylic acids is 1. The lowest BCUT2D eigenvalue weighted by Gasteiger charge is -2.13. The number of amides is 1. The van der Waals surface area contributed by atoms with Crippen LogP contribution in [0.2, 0.25) is 0 Å². The molecule has 1 aromatic carbocycles. The second-order valence-corrected chi connectivity index (χ2v) is 7.68. The first-order chi connectivity index (χ1) is 13.8. The predicted molar refractivity (Wildman–Crippen MR) is 114 cm³/mol. The van der Waals surface area contributed by atoms with Crippen LogP contribution >= 0.6 is 0 Å². The molecular formula is C23H26N4O2. The van der Waals surface area contributed by atoms with Crippen LogP contribution < -0.4 is 5.32 Å². The Labute approximate surface area is 169 Å². The number of aryl methyl sites for hydroxylation is 4. The zero-order valence-electron chi connectivity index (χ0n) is 17.5. The van der Waals surface area contributed by atoms with E-state index in [1.54, 1.807) is 0 Å². The highest BCUT2D eigenvalue weighted by molar-refractivity contribution is 5.84. The number of para-hydroxylation sites is 1. The lowest BCUT2D eigenvalue weighted by molar-refractivity contribution is -0.121. The van der Waals surface area contributed by atoms with Crippen molar-refractivity contribution in [1.82, 2.24) is 20.1 Å². The molecule has 6 heteroatoms. The Morgan fingerprint density at radius 3 is 2.72 bits per heavy atom. The van der Waals surface area contributed by atoms with Gasteiger partial charge in [0.1, 0.15) is 11.3 Å². The average molecular weight is 390 g/mol. The van der Waals surface area contributed by atoms with Gasteiger partial charge < -0.3 is 9.73 Å². The molecule has 0 saturated carbocycles. The highest BCUT2D eigenvalue weighted by Gasteiger charge is 2.18. The third-order valence-corrected chi connectivity index (χ3v) is 5.58. The van der Waals surface area contributed by atoms with Crippen LogP contribution in [0.3, 0.4) is 0 Å². The molecule has 3 heterocycles. The van der Waals surface area contributed by atoms with E-state index in [0.717, 1.165) is 50.3 Å². The van der Waals surface area contributed by atoms with Gasteiger partial charge in [-0.15, -0.1) is 0 Å². The fourth-order valence-corrected chi connectivity index (χ4v) is 4.07. The zero-order valence-corrected chi connectivity index (χ0v) is 17.5. The summed E-state index contributed by atoms with van der Waals surface area (Å²) in [7, 11) is 1.91. The summed E-state index contributed by atoms with van der Waals surface area (Å²) in [5, 5.41) is 9.66. The summed E-state index contributed by atoms with van der Waals surface area (Å²) in [5.41, 5.74) is 5.94. The third kappa shape index (κ3) is 3.50. The highest BCUT2D eigenvalue weighted by Crippen LogP contribution is 2.26. The fourth-order valence-electron chi connectivity index (χ4n) is 4.07. The van der Waals surface area contributed by atoms with Gasteiger partial charge in [-0.25, -0.2) is 4.98 Å². The van der Waals surface area contributed by atoms with Gasteiger partial charge in [0.15, 0.2) is 5.65 Å². The van der Waals surface area contributed by atoms with E-state index in [2.05, 4.69) is 17.3 Å². The molecular weight excluding hydrogens is 364 g/mol. The minimum Gasteiger partial charge on any atom is -0.459 e. The van der Waals surface area contributed by atoms with E-state index in [4.69, 9.17) is 9.40 Å². The van der Waals surface area contributed by atoms with Gasteiger partial charge in [-0.05, 0) is 57.4 Å². The maximum Gasteiger partial charge on any atom is 0.220 e. The summed E-state index contributed by atoms with van der Waals surface area (Å²) >= 11 is 0. The van der Waals surface area contributed by atoms with Crippen molar-refractivity contribution in [1.29, 1.82) is 0 Å². The first-order valence-corrected chi connectivity index (χ1v) is 9.92. The monoisotopic (exact) mass is 390 g/mol. The van der Waals surface area contributed by atoms with Gasteiger partial charge in [0, 0.05) is 29.9 Å². The van der Waals surface area contributed by atoms with Gasteiger partial charge in [0.25, 0.3) is 0 Å². The molecule has 1 atom stereocenters. The predicted octanol–water partition coefficient (Wildman–Crippen LogP) is 4.45. The standard InChI is InChI=1S/C23H26N4O2/c1-13-18(14(2)25-23-22(13)16(4)26-27(23)5)10-11-21(28)24-15(3)20-12-17-8-6-7-9-19(17)29-20/h6-9,12,15H,10-11H2,1-5H3,(H,24,28)/t15-/m1/s1. The maximum absolute atomic E-state index is 12.6. The Bertz CT molecular complexity index is 1190. The Morgan fingerprint density at radius 2 is 1.97 bits per heavy atom. The van der Waals surface area contributed by atoms with E-state index in [9.17, 15) is 4.79 Å². The van der Waals surface area contributed by atoms with E-state index in [-0.39, 0.29) is 11.9 Å². The van der Waals surface area contributed by atoms with Crippen molar-refractivity contribution in [2.75, 3.05) is 0 Å². The molecule has 0 bridgehead atoms. The topological polar surface area (TPSA) is 73.0 Å². The second-order valence-electron chi connectivity index (χ2n) is 7.68. The van der Waals surface area contributed by atoms with Gasteiger partial charge in [-0.2, -0.15) is 5.10 Å². The molecule has 6 nitrogen and oxygen atoms in total. The number of pyridine rings is 1. The average Bonchev–Trinajstić information content (AvgIpc) is 3.22. The summed E-state index contributed by atoms with van der Waals surface area (Å²) in [5.74, 6) is 0.765. The van der Waals surface area contributed by atoms with Crippen molar-refractivity contribution in [2.24, 2.45) is 7.05 Å². The van der Waals surface area contributed by atoms with Gasteiger partial charge in [0.2, 0.25) is 5.91 Å². The molecule has 29 heavy (non-hydrogen) atoms. The Balaban J connectivity index is 1.47. The molecule has 4 rings (SSSR count). The minimum atomic E-state index is -0.182. The number of furan rings is 1. The molecule has 3 aromatic heterocycles. The van der Waals surface area contributed by atoms with Gasteiger partial charge >= 0.3 is 0 Å². The molecule has 1 amide bonds. The first-order valence-electron chi connectivity index (χ1n) is 9.92. The van der Waals surface area contributed by atoms with Crippen LogP contribution in [0, 0.1) is 20.8 Å². The number of nitrogens with one attached hydrogen (secondary N) is 1. The van der Waals surface area contributed by atoms with Crippen molar-refractivity contribution in [2.45, 2.75) is 46.6 Å². The zero-order chi connectivity index (χ0) is 20.7. The lowest BCUT2D eigenvalue weighted by Crippen LogP contribution is -2.26. The minimum absolute atomic E-state index is 0.000221. The summed E-state index contributed by atoms with van der Waals surface area (Å²) in [6, 6.07) is 9.66. The Morgan fingerprint density at radius 1 is 1.21 bits per heavy atom. The van der Waals surface area contributed by atoms with Crippen LogP contribution in [0.15, 0.2) is 34.7 Å². The van der Waals surface area contributed by atoms with Gasteiger partial charge in [-0.3, -0.25) is 9.48 Å². The van der Waals surface area contributed by atoms with E-state index < -0.39 is 0 Å². The van der Waals surface area contributed by atoms with Crippen molar-refractivity contribution >= 4 is 27.9 Å². The molecule has 0 spiro atoms. The van der Waals surface area contributed by atoms with Crippen LogP contribution in [0.25, 0.3) is 22.0 Å². The maximum atomic E-state index is 12.6. The number of hydrogen-bond acceptors (Lipinski definition) is 4. The Hall–Kier alpha value is -3.15. The number of carbonyl (C=O) groups is 1. The van der Waals surface area contributed by atoms with Crippen LogP contribution in [-0.4, -0.2) is 20.7 Å². The summed E-state index contributed by atoms with van der Waals surface area (Å²) < 4.78 is 7.68. The van der Waals surface area contributed by atoms with Crippen molar-refractivity contribution in [3.63, 3.8) is 0 Å². The number of benzene rings is 1. The van der Waals surface area contributed by atoms with E-state index in [0.29, 0.717) is 12.8 Å². The smallest absolute Gasteiger partial charge is 0.220 e. The third-order valence-electron chi connectivity index (χ3n) is 5.58. The normalized spacial score (nSPS) is 12.6. The van der Waals surface area contributed by atoms with Crippen molar-refractivity contribution in [3.8, 4) is 0 Å². The molecule has 1 N–H and O–H groups in total. The van der Waals surface area contributed by atoms with Crippen molar-refractivity contribution in [3.05, 3.63) is 58.6 Å². The summed E-state index contributed by atoms with van der Waals surface area (Å²) in [6.45, 7) is 8.03. The van der Waals surface area contributed by atoms with Crippen LogP contribution in [0.5, 0.6) is 0 Å². The largest absolute Gasteiger partial charge is 0.459 e. The number of rotatable bonds is 5. The van der Waals surface area contributed by atoms with Crippen LogP contribution in [0.4, 0.5) is 0 Å². The molecule has 0 aliphatic carbocycles. The summed E-state index contributed by atoms with van der Waals surface area (Å²) in [6.07, 6.45) is 1.05. The van der Waals surface area contributed by atoms with E-state index in [1.165, 1.54) is 0 Å². The fraction of sp³-hybridized carbons (Fsp3) is 0.348. The molecule has 0 aliphatic heterocycles. The van der Waals surface area contributed by atoms with Crippen LogP contribution in [-0.2, 0) is 18.3 Å². The molecule has 150 valence electrons. The van der Waals surface area contributed by atoms with Crippen molar-refractivity contribution < 1.29 is 9.21 Å². The Kier molecular flexibility index (Phi) is 4.86. The molecule has 0 saturated heterocycles. The quantitative estimate of drug-likeness (QED) is 0.546. The SMILES string of the molecule is Cc1nc2c(c(C)nn2C)c(C)c1CCC(=O)N[C@H](C)c1cc2ccccc2o1. The number of nitrogens with zero attached hydrogens (tertiary/aromatic N) is 3. The number of hydrogen-bond donors (Lipinski definition) is 1. The van der Waals surface area contributed by atoms with E-state index >= 15 is 0 Å². The highest BCUT2D eigenvalue weighted by atomic mass is 16.3. The van der Waals surface area contributed by atoms with Crippen LogP contribution in [0.1, 0.15) is 47.7 Å². The molecule has 0 aliphatic rings. The number of aromatic nitrogens is 3. The summed E-state index contributed by atoms with van der Waals surface area (Å²) in [4.78, 5) is 17.3. The second kappa shape index (κ2) is 7.35. The molecule has 0 fully saturated rings. The lowest BCUT2D eigenvalue weighted by atomic mass is 9.99. The molecule has 4 aromatic rings. The van der Waals surface area contributed by atoms with Gasteiger partial charge in [-0.1, -0.05) is 18.2 Å². The number of fused-ring (bicyclic) bond motifs is 2. The molecule has 0 unspecified atom stereocenters. The molecule has 0 radical (unpaired) electrons. The van der Waals surface area contributed by atoms with Gasteiger partial charge in [0.05, 0.1) is 11.7 Å². The van der Waals surface area contributed by atoms with E-state index in [1.807, 2.05) is 62.8 Å².